The van der Waals surface area contributed by atoms with E-state index in [9.17, 15) is 51.6 Å². The molecule has 0 amide bonds. The van der Waals surface area contributed by atoms with Gasteiger partial charge in [-0.3, -0.25) is 13.8 Å². The Morgan fingerprint density at radius 1 is 1.00 bits per heavy atom. The van der Waals surface area contributed by atoms with Gasteiger partial charge in [0.15, 0.2) is 8.87 Å². The Kier molecular flexibility index (Phi) is 14.6. The third-order valence-electron chi connectivity index (χ3n) is 6.85. The van der Waals surface area contributed by atoms with Gasteiger partial charge in [-0.25, -0.2) is 17.6 Å². The zero-order chi connectivity index (χ0) is 37.9. The quantitative estimate of drug-likeness (QED) is 0.0498. The van der Waals surface area contributed by atoms with Crippen LogP contribution in [-0.2, 0) is 57.9 Å². The first kappa shape index (κ1) is 40.5. The third kappa shape index (κ3) is 13.1. The fourth-order valence-corrected chi connectivity index (χ4v) is 6.71. The third-order valence-corrected chi connectivity index (χ3v) is 10.3. The Balaban J connectivity index is 1.81. The molecule has 0 aromatic heterocycles. The molecule has 51 heavy (non-hydrogen) atoms. The second kappa shape index (κ2) is 18.4. The first-order valence-corrected chi connectivity index (χ1v) is 19.5. The van der Waals surface area contributed by atoms with Crippen molar-refractivity contribution in [3.05, 3.63) is 90.8 Å². The van der Waals surface area contributed by atoms with E-state index in [4.69, 9.17) is 14.2 Å². The normalized spacial score (nSPS) is 14.9. The monoisotopic (exact) mass is 774 g/mol. The number of fused-ring (bicyclic) bond motifs is 1. The Bertz CT molecular complexity index is 1860. The van der Waals surface area contributed by atoms with Gasteiger partial charge in [0, 0.05) is 34.0 Å². The minimum absolute atomic E-state index is 0.191. The topological polar surface area (TPSA) is 235 Å². The van der Waals surface area contributed by atoms with E-state index in [1.807, 2.05) is 0 Å². The molecule has 0 spiro atoms. The van der Waals surface area contributed by atoms with Gasteiger partial charge in [0.1, 0.15) is 31.7 Å². The summed E-state index contributed by atoms with van der Waals surface area (Å²) in [5.41, 5.74) is 3.28. The molecular formula is C30H31FN2O15S3. The van der Waals surface area contributed by atoms with E-state index >= 15 is 0 Å². The number of ether oxygens (including phenoxy) is 3. The number of nitrogens with zero attached hydrogens (tertiary/aromatic N) is 2. The lowest BCUT2D eigenvalue weighted by Crippen LogP contribution is -2.36. The van der Waals surface area contributed by atoms with Gasteiger partial charge >= 0.3 is 17.9 Å². The zero-order valence-corrected chi connectivity index (χ0v) is 29.6. The smallest absolute Gasteiger partial charge is 0.351 e. The summed E-state index contributed by atoms with van der Waals surface area (Å²) in [5.74, 6) is -4.31. The first-order valence-electron chi connectivity index (χ1n) is 14.5. The summed E-state index contributed by atoms with van der Waals surface area (Å²) >= 11 is 0. The van der Waals surface area contributed by atoms with Crippen LogP contribution in [0.25, 0.3) is 17.2 Å². The van der Waals surface area contributed by atoms with E-state index in [0.717, 1.165) is 11.8 Å². The van der Waals surface area contributed by atoms with Gasteiger partial charge in [-0.15, -0.1) is 20.2 Å². The Morgan fingerprint density at radius 3 is 2.29 bits per heavy atom. The lowest BCUT2D eigenvalue weighted by Gasteiger charge is -2.18. The van der Waals surface area contributed by atoms with E-state index < -0.39 is 98.4 Å². The molecule has 0 saturated carbocycles. The molecule has 0 saturated heterocycles. The number of allylic oxidation sites excluding steroid dienone is 2. The van der Waals surface area contributed by atoms with Crippen LogP contribution >= 0.6 is 10.8 Å². The predicted molar refractivity (Wildman–Crippen MR) is 179 cm³/mol. The molecule has 21 heteroatoms. The van der Waals surface area contributed by atoms with Crippen molar-refractivity contribution in [3.63, 3.8) is 0 Å². The van der Waals surface area contributed by atoms with Gasteiger partial charge in [0.25, 0.3) is 10.2 Å². The second-order valence-electron chi connectivity index (χ2n) is 10.6. The van der Waals surface area contributed by atoms with Crippen LogP contribution in [0.1, 0.15) is 36.5 Å². The fourth-order valence-electron chi connectivity index (χ4n) is 4.62. The van der Waals surface area contributed by atoms with Crippen LogP contribution in [0.4, 0.5) is 4.39 Å². The van der Waals surface area contributed by atoms with Crippen LogP contribution in [-0.4, -0.2) is 91.0 Å². The van der Waals surface area contributed by atoms with Gasteiger partial charge in [0.2, 0.25) is 6.10 Å². The molecule has 2 aromatic rings. The number of hydrogen-bond acceptors (Lipinski definition) is 16. The molecule has 0 N–H and O–H groups in total. The summed E-state index contributed by atoms with van der Waals surface area (Å²) in [6, 6.07) is 10.9. The summed E-state index contributed by atoms with van der Waals surface area (Å²) in [5, 5.41) is 18.6. The van der Waals surface area contributed by atoms with Crippen molar-refractivity contribution in [2.45, 2.75) is 36.9 Å². The van der Waals surface area contributed by atoms with E-state index in [-0.39, 0.29) is 5.75 Å². The molecule has 0 bridgehead atoms. The highest BCUT2D eigenvalue weighted by Gasteiger charge is 2.31. The second-order valence-corrected chi connectivity index (χ2v) is 16.5. The molecule has 0 heterocycles. The predicted octanol–water partition coefficient (Wildman–Crippen LogP) is 3.15. The minimum atomic E-state index is -3.48. The summed E-state index contributed by atoms with van der Waals surface area (Å²) in [6.07, 6.45) is -0.848. The minimum Gasteiger partial charge on any atom is -0.462 e. The van der Waals surface area contributed by atoms with Crippen molar-refractivity contribution in [2.24, 2.45) is 0 Å². The molecule has 276 valence electrons. The summed E-state index contributed by atoms with van der Waals surface area (Å²) < 4.78 is 64.2. The molecular weight excluding hydrogens is 744 g/mol. The Labute approximate surface area is 296 Å². The van der Waals surface area contributed by atoms with Crippen LogP contribution in [0.15, 0.2) is 52.9 Å². The first-order chi connectivity index (χ1) is 23.9. The lowest BCUT2D eigenvalue weighted by atomic mass is 10.0. The van der Waals surface area contributed by atoms with Crippen molar-refractivity contribution >= 4 is 65.6 Å². The van der Waals surface area contributed by atoms with Gasteiger partial charge in [0.05, 0.1) is 12.8 Å². The molecule has 3 unspecified atom stereocenters. The van der Waals surface area contributed by atoms with E-state index in [1.54, 1.807) is 43.5 Å². The van der Waals surface area contributed by atoms with Crippen LogP contribution in [0.2, 0.25) is 0 Å². The van der Waals surface area contributed by atoms with Gasteiger partial charge in [-0.2, -0.15) is 0 Å². The highest BCUT2D eigenvalue weighted by molar-refractivity contribution is 8.71. The zero-order valence-electron chi connectivity index (χ0n) is 27.1. The van der Waals surface area contributed by atoms with E-state index in [1.165, 1.54) is 18.2 Å². The molecule has 1 aliphatic rings. The standard InChI is InChI=1S/C30H31FN2O15S3/c1-18-24(12-19-4-7-22(8-5-19)50(2)41)23-9-6-20(31)13-26(23)25(18)15-29(35)47-27(30(36)44-10-11-49-51(3,42)43)17-45-28(34)14-21(48-33(39)40)16-46-32(37)38/h4-9,12-13,21,27H,10-11,14-17H2,1-3H3/b24-12-. The number of rotatable bonds is 19. The van der Waals surface area contributed by atoms with Crippen molar-refractivity contribution in [3.8, 4) is 0 Å². The van der Waals surface area contributed by atoms with E-state index in [0.29, 0.717) is 43.5 Å². The molecule has 3 rings (SSSR count). The SMILES string of the molecule is CC1=C(CC(=O)OC(COC(=O)CC(CO[N+](=O)[O-])O[N+](=O)[O-])C(=O)OCCSS(C)(=O)=O)c2cc(F)ccc2/C1=C\c1ccc(S(C)=O)cc1. The fraction of sp³-hybridized carbons (Fsp3) is 0.367. The maximum Gasteiger partial charge on any atom is 0.351 e. The molecule has 2 aromatic carbocycles. The maximum absolute atomic E-state index is 14.4. The summed E-state index contributed by atoms with van der Waals surface area (Å²) in [6.45, 7) is -0.743. The Morgan fingerprint density at radius 2 is 1.69 bits per heavy atom. The highest BCUT2D eigenvalue weighted by atomic mass is 33.1. The average molecular weight is 775 g/mol. The van der Waals surface area contributed by atoms with Crippen molar-refractivity contribution in [1.29, 1.82) is 0 Å². The van der Waals surface area contributed by atoms with Crippen LogP contribution in [0.3, 0.4) is 0 Å². The molecule has 0 fully saturated rings. The summed E-state index contributed by atoms with van der Waals surface area (Å²) in [7, 11) is -4.20. The number of esters is 3. The maximum atomic E-state index is 14.4. The van der Waals surface area contributed by atoms with Gasteiger partial charge < -0.3 is 23.9 Å². The summed E-state index contributed by atoms with van der Waals surface area (Å²) in [4.78, 5) is 68.6. The van der Waals surface area contributed by atoms with E-state index in [2.05, 4.69) is 9.68 Å². The number of carbonyl (C=O) groups is 3. The molecule has 0 aliphatic heterocycles. The molecule has 3 atom stereocenters. The molecule has 1 aliphatic carbocycles. The molecule has 0 radical (unpaired) electrons. The van der Waals surface area contributed by atoms with Crippen molar-refractivity contribution in [2.75, 3.05) is 38.1 Å². The number of carbonyl (C=O) groups excluding carboxylic acids is 3. The average Bonchev–Trinajstić information content (AvgIpc) is 3.28. The number of hydrogen-bond donors (Lipinski definition) is 0. The molecule has 17 nitrogen and oxygen atoms in total. The van der Waals surface area contributed by atoms with Crippen LogP contribution in [0.5, 0.6) is 0 Å². The number of halogens is 1. The number of benzene rings is 2. The van der Waals surface area contributed by atoms with Crippen LogP contribution in [0, 0.1) is 26.0 Å². The largest absolute Gasteiger partial charge is 0.462 e. The van der Waals surface area contributed by atoms with Gasteiger partial charge in [-0.05, 0) is 81.5 Å². The van der Waals surface area contributed by atoms with Crippen molar-refractivity contribution < 1.29 is 65.5 Å². The van der Waals surface area contributed by atoms with Gasteiger partial charge in [-0.1, -0.05) is 18.2 Å². The lowest BCUT2D eigenvalue weighted by molar-refractivity contribution is -0.789. The highest BCUT2D eigenvalue weighted by Crippen LogP contribution is 2.44. The van der Waals surface area contributed by atoms with Crippen LogP contribution < -0.4 is 0 Å². The Hall–Kier alpha value is -4.89. The van der Waals surface area contributed by atoms with Crippen molar-refractivity contribution in [1.82, 2.24) is 0 Å².